The summed E-state index contributed by atoms with van der Waals surface area (Å²) in [7, 11) is 2.18. The van der Waals surface area contributed by atoms with Gasteiger partial charge in [-0.1, -0.05) is 0 Å². The lowest BCUT2D eigenvalue weighted by molar-refractivity contribution is 0.312. The molecular weight excluding hydrogens is 186 g/mol. The van der Waals surface area contributed by atoms with Crippen LogP contribution in [0.4, 0.5) is 5.69 Å². The van der Waals surface area contributed by atoms with Crippen molar-refractivity contribution in [3.63, 3.8) is 0 Å². The van der Waals surface area contributed by atoms with Gasteiger partial charge in [-0.3, -0.25) is 9.88 Å². The molecule has 1 saturated carbocycles. The van der Waals surface area contributed by atoms with Crippen LogP contribution in [0.3, 0.4) is 0 Å². The van der Waals surface area contributed by atoms with E-state index in [1.807, 2.05) is 12.3 Å². The molecule has 2 rings (SSSR count). The molecule has 1 aliphatic rings. The Morgan fingerprint density at radius 2 is 2.33 bits per heavy atom. The second kappa shape index (κ2) is 4.62. The molecule has 1 heterocycles. The first-order valence-corrected chi connectivity index (χ1v) is 5.68. The van der Waals surface area contributed by atoms with E-state index in [4.69, 9.17) is 0 Å². The van der Waals surface area contributed by atoms with Crippen molar-refractivity contribution in [2.45, 2.75) is 32.4 Å². The molecule has 0 spiro atoms. The van der Waals surface area contributed by atoms with Crippen LogP contribution in [0.5, 0.6) is 0 Å². The van der Waals surface area contributed by atoms with Crippen LogP contribution in [-0.2, 0) is 6.54 Å². The zero-order valence-corrected chi connectivity index (χ0v) is 9.53. The normalized spacial score (nSPS) is 15.7. The summed E-state index contributed by atoms with van der Waals surface area (Å²) >= 11 is 0. The van der Waals surface area contributed by atoms with Gasteiger partial charge in [-0.25, -0.2) is 0 Å². The molecule has 0 atom stereocenters. The van der Waals surface area contributed by atoms with E-state index in [9.17, 15) is 0 Å². The minimum Gasteiger partial charge on any atom is -0.385 e. The molecule has 3 nitrogen and oxygen atoms in total. The molecule has 0 bridgehead atoms. The average Bonchev–Trinajstić information content (AvgIpc) is 3.01. The first-order chi connectivity index (χ1) is 7.29. The van der Waals surface area contributed by atoms with Gasteiger partial charge in [0.25, 0.3) is 0 Å². The van der Waals surface area contributed by atoms with E-state index in [1.54, 1.807) is 0 Å². The Labute approximate surface area is 91.5 Å². The Morgan fingerprint density at radius 1 is 1.53 bits per heavy atom. The summed E-state index contributed by atoms with van der Waals surface area (Å²) in [5, 5.41) is 3.31. The fraction of sp³-hybridized carbons (Fsp3) is 0.583. The minimum absolute atomic E-state index is 0.801. The van der Waals surface area contributed by atoms with Gasteiger partial charge in [-0.15, -0.1) is 0 Å². The molecule has 3 heteroatoms. The highest BCUT2D eigenvalue weighted by molar-refractivity contribution is 5.42. The predicted molar refractivity (Wildman–Crippen MR) is 62.9 cm³/mol. The summed E-state index contributed by atoms with van der Waals surface area (Å²) in [5.74, 6) is 0. The van der Waals surface area contributed by atoms with Crippen LogP contribution in [0.2, 0.25) is 0 Å². The highest BCUT2D eigenvalue weighted by atomic mass is 15.2. The van der Waals surface area contributed by atoms with Crippen LogP contribution >= 0.6 is 0 Å². The fourth-order valence-corrected chi connectivity index (χ4v) is 1.78. The summed E-state index contributed by atoms with van der Waals surface area (Å²) in [6, 6.07) is 4.96. The average molecular weight is 205 g/mol. The van der Waals surface area contributed by atoms with Crippen LogP contribution in [0.25, 0.3) is 0 Å². The largest absolute Gasteiger partial charge is 0.385 e. The quantitative estimate of drug-likeness (QED) is 0.798. The Kier molecular flexibility index (Phi) is 3.21. The molecule has 0 saturated heterocycles. The number of pyridine rings is 1. The second-order valence-corrected chi connectivity index (χ2v) is 4.21. The Balaban J connectivity index is 1.97. The van der Waals surface area contributed by atoms with Gasteiger partial charge < -0.3 is 5.32 Å². The van der Waals surface area contributed by atoms with Gasteiger partial charge in [0.1, 0.15) is 0 Å². The van der Waals surface area contributed by atoms with Gasteiger partial charge >= 0.3 is 0 Å². The Morgan fingerprint density at radius 3 is 3.00 bits per heavy atom. The smallest absolute Gasteiger partial charge is 0.0564 e. The zero-order valence-electron chi connectivity index (χ0n) is 9.53. The van der Waals surface area contributed by atoms with Crippen molar-refractivity contribution in [3.8, 4) is 0 Å². The van der Waals surface area contributed by atoms with E-state index < -0.39 is 0 Å². The second-order valence-electron chi connectivity index (χ2n) is 4.21. The summed E-state index contributed by atoms with van der Waals surface area (Å²) in [5.41, 5.74) is 2.33. The van der Waals surface area contributed by atoms with Crippen molar-refractivity contribution in [1.82, 2.24) is 9.88 Å². The molecule has 0 unspecified atom stereocenters. The monoisotopic (exact) mass is 205 g/mol. The maximum atomic E-state index is 4.39. The third-order valence-electron chi connectivity index (χ3n) is 2.78. The first-order valence-electron chi connectivity index (χ1n) is 5.68. The van der Waals surface area contributed by atoms with Gasteiger partial charge in [0.15, 0.2) is 0 Å². The SMILES string of the molecule is CCNc1ccnc(CN(C)C2CC2)c1. The number of rotatable bonds is 5. The van der Waals surface area contributed by atoms with E-state index in [2.05, 4.69) is 35.2 Å². The lowest BCUT2D eigenvalue weighted by Crippen LogP contribution is -2.20. The maximum absolute atomic E-state index is 4.39. The summed E-state index contributed by atoms with van der Waals surface area (Å²) in [6.07, 6.45) is 4.58. The molecule has 0 aliphatic heterocycles. The number of hydrogen-bond acceptors (Lipinski definition) is 3. The third-order valence-corrected chi connectivity index (χ3v) is 2.78. The number of anilines is 1. The van der Waals surface area contributed by atoms with Crippen LogP contribution in [0.15, 0.2) is 18.3 Å². The fourth-order valence-electron chi connectivity index (χ4n) is 1.78. The maximum Gasteiger partial charge on any atom is 0.0564 e. The number of hydrogen-bond donors (Lipinski definition) is 1. The van der Waals surface area contributed by atoms with E-state index in [-0.39, 0.29) is 0 Å². The standard InChI is InChI=1S/C12H19N3/c1-3-13-10-6-7-14-11(8-10)9-15(2)12-4-5-12/h6-8,12H,3-5,9H2,1-2H3,(H,13,14). The lowest BCUT2D eigenvalue weighted by atomic mass is 10.3. The number of nitrogens with zero attached hydrogens (tertiary/aromatic N) is 2. The molecule has 1 aliphatic carbocycles. The first kappa shape index (κ1) is 10.4. The van der Waals surface area contributed by atoms with Crippen molar-refractivity contribution in [3.05, 3.63) is 24.0 Å². The van der Waals surface area contributed by atoms with Crippen molar-refractivity contribution < 1.29 is 0 Å². The van der Waals surface area contributed by atoms with Crippen molar-refractivity contribution in [2.75, 3.05) is 18.9 Å². The molecule has 1 N–H and O–H groups in total. The molecule has 0 aromatic carbocycles. The molecule has 0 amide bonds. The van der Waals surface area contributed by atoms with Crippen LogP contribution in [0.1, 0.15) is 25.5 Å². The Bertz CT molecular complexity index is 320. The lowest BCUT2D eigenvalue weighted by Gasteiger charge is -2.15. The topological polar surface area (TPSA) is 28.2 Å². The van der Waals surface area contributed by atoms with E-state index in [1.165, 1.54) is 18.5 Å². The van der Waals surface area contributed by atoms with Crippen molar-refractivity contribution in [2.24, 2.45) is 0 Å². The van der Waals surface area contributed by atoms with Gasteiger partial charge in [0.2, 0.25) is 0 Å². The summed E-state index contributed by atoms with van der Waals surface area (Å²) in [6.45, 7) is 4.03. The number of nitrogens with one attached hydrogen (secondary N) is 1. The minimum atomic E-state index is 0.801. The number of aromatic nitrogens is 1. The molecule has 82 valence electrons. The van der Waals surface area contributed by atoms with E-state index >= 15 is 0 Å². The highest BCUT2D eigenvalue weighted by Gasteiger charge is 2.26. The Hall–Kier alpha value is -1.09. The van der Waals surface area contributed by atoms with Gasteiger partial charge in [-0.2, -0.15) is 0 Å². The zero-order chi connectivity index (χ0) is 10.7. The van der Waals surface area contributed by atoms with Crippen molar-refractivity contribution >= 4 is 5.69 Å². The van der Waals surface area contributed by atoms with Gasteiger partial charge in [0, 0.05) is 31.0 Å². The summed E-state index contributed by atoms with van der Waals surface area (Å²) in [4.78, 5) is 6.78. The molecule has 1 aromatic heterocycles. The van der Waals surface area contributed by atoms with Crippen molar-refractivity contribution in [1.29, 1.82) is 0 Å². The van der Waals surface area contributed by atoms with Crippen LogP contribution in [0, 0.1) is 0 Å². The molecular formula is C12H19N3. The van der Waals surface area contributed by atoms with E-state index in [0.29, 0.717) is 0 Å². The molecule has 1 aromatic rings. The summed E-state index contributed by atoms with van der Waals surface area (Å²) < 4.78 is 0. The van der Waals surface area contributed by atoms with Crippen LogP contribution < -0.4 is 5.32 Å². The van der Waals surface area contributed by atoms with E-state index in [0.717, 1.165) is 24.8 Å². The highest BCUT2D eigenvalue weighted by Crippen LogP contribution is 2.26. The van der Waals surface area contributed by atoms with Crippen LogP contribution in [-0.4, -0.2) is 29.5 Å². The third kappa shape index (κ3) is 2.93. The van der Waals surface area contributed by atoms with Gasteiger partial charge in [0.05, 0.1) is 5.69 Å². The molecule has 0 radical (unpaired) electrons. The molecule has 15 heavy (non-hydrogen) atoms. The van der Waals surface area contributed by atoms with Gasteiger partial charge in [-0.05, 0) is 38.9 Å². The molecule has 1 fully saturated rings. The predicted octanol–water partition coefficient (Wildman–Crippen LogP) is 2.11.